The zero-order valence-electron chi connectivity index (χ0n) is 5.78. The Hall–Kier alpha value is -0.450. The van der Waals surface area contributed by atoms with E-state index in [1.165, 1.54) is 0 Å². The summed E-state index contributed by atoms with van der Waals surface area (Å²) < 4.78 is 0. The summed E-state index contributed by atoms with van der Waals surface area (Å²) in [7, 11) is 0. The molecule has 0 aliphatic carbocycles. The molecule has 10 heavy (non-hydrogen) atoms. The maximum atomic E-state index is 4.91. The Balaban J connectivity index is 2.50. The predicted octanol–water partition coefficient (Wildman–Crippen LogP) is 1.14. The zero-order valence-corrected chi connectivity index (χ0v) is 6.60. The van der Waals surface area contributed by atoms with Crippen molar-refractivity contribution in [1.29, 1.82) is 0 Å². The van der Waals surface area contributed by atoms with Gasteiger partial charge in [-0.3, -0.25) is 0 Å². The maximum Gasteiger partial charge on any atom is 0.0976 e. The van der Waals surface area contributed by atoms with Crippen LogP contribution in [0.3, 0.4) is 0 Å². The zero-order chi connectivity index (χ0) is 7.40. The molecule has 2 N–H and O–H groups in total. The van der Waals surface area contributed by atoms with Crippen LogP contribution in [-0.2, 0) is 4.84 Å². The van der Waals surface area contributed by atoms with Crippen molar-refractivity contribution in [3.8, 4) is 0 Å². The minimum absolute atomic E-state index is 0.310. The normalized spacial score (nSPS) is 13.4. The van der Waals surface area contributed by atoms with E-state index >= 15 is 0 Å². The van der Waals surface area contributed by atoms with Crippen molar-refractivity contribution in [2.75, 3.05) is 6.61 Å². The van der Waals surface area contributed by atoms with Crippen LogP contribution < -0.4 is 5.90 Å². The van der Waals surface area contributed by atoms with Gasteiger partial charge in [0.05, 0.1) is 11.6 Å². The first-order valence-electron chi connectivity index (χ1n) is 3.05. The van der Waals surface area contributed by atoms with E-state index in [2.05, 4.69) is 9.82 Å². The Kier molecular flexibility index (Phi) is 2.80. The first-order valence-corrected chi connectivity index (χ1v) is 3.93. The van der Waals surface area contributed by atoms with E-state index in [1.807, 2.05) is 12.3 Å². The molecule has 1 aromatic heterocycles. The van der Waals surface area contributed by atoms with Gasteiger partial charge in [0, 0.05) is 17.5 Å². The summed E-state index contributed by atoms with van der Waals surface area (Å²) in [4.78, 5) is 8.61. The Labute approximate surface area is 63.8 Å². The van der Waals surface area contributed by atoms with Gasteiger partial charge in [0.25, 0.3) is 0 Å². The van der Waals surface area contributed by atoms with E-state index in [0.717, 1.165) is 5.01 Å². The van der Waals surface area contributed by atoms with Crippen molar-refractivity contribution < 1.29 is 4.84 Å². The van der Waals surface area contributed by atoms with Gasteiger partial charge in [-0.25, -0.2) is 10.9 Å². The Morgan fingerprint density at radius 3 is 3.20 bits per heavy atom. The largest absolute Gasteiger partial charge is 0.304 e. The summed E-state index contributed by atoms with van der Waals surface area (Å²) in [6.45, 7) is 2.57. The molecule has 1 heterocycles. The molecule has 0 aliphatic rings. The number of thiazole rings is 1. The molecular weight excluding hydrogens is 148 g/mol. The molecule has 56 valence electrons. The molecular formula is C6H10N2OS. The fourth-order valence-corrected chi connectivity index (χ4v) is 1.38. The molecule has 1 rings (SSSR count). The van der Waals surface area contributed by atoms with Gasteiger partial charge in [-0.15, -0.1) is 11.3 Å². The number of nitrogens with zero attached hydrogens (tertiary/aromatic N) is 1. The summed E-state index contributed by atoms with van der Waals surface area (Å²) in [5.74, 6) is 5.22. The Morgan fingerprint density at radius 1 is 1.90 bits per heavy atom. The van der Waals surface area contributed by atoms with Crippen molar-refractivity contribution >= 4 is 11.3 Å². The van der Waals surface area contributed by atoms with E-state index in [9.17, 15) is 0 Å². The average Bonchev–Trinajstić information content (AvgIpc) is 2.38. The lowest BCUT2D eigenvalue weighted by Crippen LogP contribution is -2.07. The van der Waals surface area contributed by atoms with Crippen LogP contribution >= 0.6 is 11.3 Å². The van der Waals surface area contributed by atoms with E-state index < -0.39 is 0 Å². The van der Waals surface area contributed by atoms with E-state index in [-0.39, 0.29) is 0 Å². The fraction of sp³-hybridized carbons (Fsp3) is 0.500. The molecule has 0 fully saturated rings. The molecule has 0 bridgehead atoms. The second-order valence-corrected chi connectivity index (χ2v) is 3.03. The van der Waals surface area contributed by atoms with Gasteiger partial charge in [0.1, 0.15) is 0 Å². The van der Waals surface area contributed by atoms with E-state index in [0.29, 0.717) is 12.5 Å². The predicted molar refractivity (Wildman–Crippen MR) is 40.7 cm³/mol. The van der Waals surface area contributed by atoms with Crippen molar-refractivity contribution in [2.45, 2.75) is 12.8 Å². The first kappa shape index (κ1) is 7.65. The molecule has 1 aromatic rings. The maximum absolute atomic E-state index is 4.91. The molecule has 0 aromatic carbocycles. The van der Waals surface area contributed by atoms with Gasteiger partial charge >= 0.3 is 0 Å². The van der Waals surface area contributed by atoms with Gasteiger partial charge in [-0.1, -0.05) is 6.92 Å². The topological polar surface area (TPSA) is 48.1 Å². The van der Waals surface area contributed by atoms with Gasteiger partial charge in [-0.2, -0.15) is 0 Å². The van der Waals surface area contributed by atoms with Gasteiger partial charge in [-0.05, 0) is 0 Å². The van der Waals surface area contributed by atoms with Crippen LogP contribution in [0.25, 0.3) is 0 Å². The summed E-state index contributed by atoms with van der Waals surface area (Å²) in [5, 5.41) is 3.02. The second-order valence-electron chi connectivity index (χ2n) is 2.10. The number of rotatable bonds is 3. The Bertz CT molecular complexity index is 176. The molecule has 0 aliphatic heterocycles. The molecule has 0 radical (unpaired) electrons. The molecule has 0 saturated carbocycles. The van der Waals surface area contributed by atoms with Crippen LogP contribution in [0.4, 0.5) is 0 Å². The molecule has 0 saturated heterocycles. The van der Waals surface area contributed by atoms with Crippen LogP contribution in [0, 0.1) is 0 Å². The van der Waals surface area contributed by atoms with Gasteiger partial charge in [0.2, 0.25) is 0 Å². The van der Waals surface area contributed by atoms with Crippen LogP contribution in [0.1, 0.15) is 17.8 Å². The molecule has 1 atom stereocenters. The van der Waals surface area contributed by atoms with Crippen LogP contribution in [0.5, 0.6) is 0 Å². The summed E-state index contributed by atoms with van der Waals surface area (Å²) in [5.41, 5.74) is 0. The molecule has 0 spiro atoms. The minimum Gasteiger partial charge on any atom is -0.304 e. The van der Waals surface area contributed by atoms with Crippen molar-refractivity contribution in [1.82, 2.24) is 4.98 Å². The van der Waals surface area contributed by atoms with Crippen LogP contribution in [0.15, 0.2) is 11.6 Å². The minimum atomic E-state index is 0.310. The van der Waals surface area contributed by atoms with Crippen LogP contribution in [0.2, 0.25) is 0 Å². The Morgan fingerprint density at radius 2 is 2.70 bits per heavy atom. The summed E-state index contributed by atoms with van der Waals surface area (Å²) in [6.07, 6.45) is 1.78. The second kappa shape index (κ2) is 3.65. The third kappa shape index (κ3) is 1.76. The summed E-state index contributed by atoms with van der Waals surface area (Å²) in [6, 6.07) is 0. The standard InChI is InChI=1S/C6H10N2OS/c1-5(4-9-7)6-8-2-3-10-6/h2-3,5H,4,7H2,1H3. The van der Waals surface area contributed by atoms with Gasteiger partial charge < -0.3 is 4.84 Å². The number of nitrogens with two attached hydrogens (primary N) is 1. The number of aromatic nitrogens is 1. The van der Waals surface area contributed by atoms with Crippen molar-refractivity contribution in [2.24, 2.45) is 5.90 Å². The molecule has 3 nitrogen and oxygen atoms in total. The lowest BCUT2D eigenvalue weighted by Gasteiger charge is -2.03. The van der Waals surface area contributed by atoms with E-state index in [4.69, 9.17) is 5.90 Å². The lowest BCUT2D eigenvalue weighted by molar-refractivity contribution is 0.126. The van der Waals surface area contributed by atoms with E-state index in [1.54, 1.807) is 17.5 Å². The first-order chi connectivity index (χ1) is 4.84. The third-order valence-electron chi connectivity index (χ3n) is 1.22. The van der Waals surface area contributed by atoms with Gasteiger partial charge in [0.15, 0.2) is 0 Å². The molecule has 4 heteroatoms. The molecule has 0 amide bonds. The number of hydrogen-bond acceptors (Lipinski definition) is 4. The fourth-order valence-electron chi connectivity index (χ4n) is 0.693. The highest BCUT2D eigenvalue weighted by molar-refractivity contribution is 7.09. The highest BCUT2D eigenvalue weighted by Crippen LogP contribution is 2.16. The SMILES string of the molecule is CC(CON)c1nccs1. The molecule has 1 unspecified atom stereocenters. The summed E-state index contributed by atoms with van der Waals surface area (Å²) >= 11 is 1.62. The van der Waals surface area contributed by atoms with Crippen molar-refractivity contribution in [3.63, 3.8) is 0 Å². The monoisotopic (exact) mass is 158 g/mol. The quantitative estimate of drug-likeness (QED) is 0.671. The smallest absolute Gasteiger partial charge is 0.0976 e. The average molecular weight is 158 g/mol. The van der Waals surface area contributed by atoms with Crippen LogP contribution in [-0.4, -0.2) is 11.6 Å². The van der Waals surface area contributed by atoms with Crippen molar-refractivity contribution in [3.05, 3.63) is 16.6 Å². The number of hydrogen-bond donors (Lipinski definition) is 1. The third-order valence-corrected chi connectivity index (χ3v) is 2.23. The lowest BCUT2D eigenvalue weighted by atomic mass is 10.2. The highest BCUT2D eigenvalue weighted by Gasteiger charge is 2.06. The highest BCUT2D eigenvalue weighted by atomic mass is 32.1.